The molecular formula is C14H15ClN2O. The zero-order valence-corrected chi connectivity index (χ0v) is 10.8. The van der Waals surface area contributed by atoms with Gasteiger partial charge in [-0.05, 0) is 43.0 Å². The molecule has 1 fully saturated rings. The van der Waals surface area contributed by atoms with Gasteiger partial charge in [-0.25, -0.2) is 0 Å². The summed E-state index contributed by atoms with van der Waals surface area (Å²) in [5.74, 6) is 0.482. The van der Waals surface area contributed by atoms with Gasteiger partial charge in [0.15, 0.2) is 0 Å². The summed E-state index contributed by atoms with van der Waals surface area (Å²) in [6.45, 7) is 0.689. The van der Waals surface area contributed by atoms with Gasteiger partial charge in [-0.1, -0.05) is 11.6 Å². The van der Waals surface area contributed by atoms with Crippen molar-refractivity contribution in [2.75, 3.05) is 6.54 Å². The van der Waals surface area contributed by atoms with Gasteiger partial charge >= 0.3 is 0 Å². The summed E-state index contributed by atoms with van der Waals surface area (Å²) in [5, 5.41) is 4.86. The quantitative estimate of drug-likeness (QED) is 0.874. The minimum absolute atomic E-state index is 0.202. The Labute approximate surface area is 111 Å². The number of benzene rings is 1. The van der Waals surface area contributed by atoms with Crippen molar-refractivity contribution in [3.05, 3.63) is 35.0 Å². The van der Waals surface area contributed by atoms with E-state index >= 15 is 0 Å². The third kappa shape index (κ3) is 2.36. The second-order valence-electron chi connectivity index (χ2n) is 4.82. The predicted octanol–water partition coefficient (Wildman–Crippen LogP) is 2.89. The number of hydrogen-bond acceptors (Lipinski definition) is 1. The summed E-state index contributed by atoms with van der Waals surface area (Å²) < 4.78 is 0. The van der Waals surface area contributed by atoms with Crippen LogP contribution in [0.1, 0.15) is 18.4 Å². The lowest BCUT2D eigenvalue weighted by molar-refractivity contribution is -0.122. The normalized spacial score (nSPS) is 14.9. The maximum Gasteiger partial charge on any atom is 0.223 e. The van der Waals surface area contributed by atoms with E-state index in [2.05, 4.69) is 10.3 Å². The van der Waals surface area contributed by atoms with Crippen molar-refractivity contribution in [2.45, 2.75) is 19.3 Å². The van der Waals surface area contributed by atoms with Crippen LogP contribution in [0.5, 0.6) is 0 Å². The van der Waals surface area contributed by atoms with Gasteiger partial charge in [-0.3, -0.25) is 4.79 Å². The van der Waals surface area contributed by atoms with Crippen molar-refractivity contribution in [3.8, 4) is 0 Å². The third-order valence-corrected chi connectivity index (χ3v) is 3.61. The van der Waals surface area contributed by atoms with Gasteiger partial charge in [-0.2, -0.15) is 0 Å². The van der Waals surface area contributed by atoms with Crippen LogP contribution in [-0.4, -0.2) is 17.4 Å². The fourth-order valence-corrected chi connectivity index (χ4v) is 2.34. The molecule has 2 aromatic rings. The molecule has 2 N–H and O–H groups in total. The van der Waals surface area contributed by atoms with Crippen molar-refractivity contribution in [1.29, 1.82) is 0 Å². The molecule has 3 nitrogen and oxygen atoms in total. The Balaban J connectivity index is 1.66. The Kier molecular flexibility index (Phi) is 3.00. The fraction of sp³-hybridized carbons (Fsp3) is 0.357. The molecule has 3 rings (SSSR count). The van der Waals surface area contributed by atoms with Crippen molar-refractivity contribution in [1.82, 2.24) is 10.3 Å². The average molecular weight is 263 g/mol. The van der Waals surface area contributed by atoms with E-state index < -0.39 is 0 Å². The highest BCUT2D eigenvalue weighted by atomic mass is 35.5. The Bertz CT molecular complexity index is 586. The zero-order chi connectivity index (χ0) is 12.5. The Morgan fingerprint density at radius 3 is 3.06 bits per heavy atom. The maximum atomic E-state index is 11.5. The van der Waals surface area contributed by atoms with Crippen LogP contribution in [0.25, 0.3) is 10.9 Å². The van der Waals surface area contributed by atoms with E-state index in [9.17, 15) is 4.79 Å². The van der Waals surface area contributed by atoms with E-state index in [1.165, 1.54) is 5.56 Å². The molecule has 0 aliphatic heterocycles. The van der Waals surface area contributed by atoms with Gasteiger partial charge in [-0.15, -0.1) is 0 Å². The van der Waals surface area contributed by atoms with Crippen molar-refractivity contribution >= 4 is 28.4 Å². The smallest absolute Gasteiger partial charge is 0.223 e. The third-order valence-electron chi connectivity index (χ3n) is 3.37. The maximum absolute atomic E-state index is 11.5. The number of amides is 1. The molecule has 0 atom stereocenters. The summed E-state index contributed by atoms with van der Waals surface area (Å²) in [4.78, 5) is 14.7. The van der Waals surface area contributed by atoms with Crippen LogP contribution in [-0.2, 0) is 11.2 Å². The largest absolute Gasteiger partial charge is 0.361 e. The van der Waals surface area contributed by atoms with Gasteiger partial charge in [0.2, 0.25) is 5.91 Å². The lowest BCUT2D eigenvalue weighted by Gasteiger charge is -2.03. The SMILES string of the molecule is O=C(NCCc1c[nH]c2ccc(Cl)cc12)C1CC1. The summed E-state index contributed by atoms with van der Waals surface area (Å²) in [6, 6.07) is 5.81. The molecule has 0 bridgehead atoms. The molecule has 0 radical (unpaired) electrons. The number of halogens is 1. The molecule has 1 aromatic carbocycles. The van der Waals surface area contributed by atoms with Crippen LogP contribution in [0.15, 0.2) is 24.4 Å². The second kappa shape index (κ2) is 4.65. The Hall–Kier alpha value is -1.48. The molecule has 4 heteroatoms. The molecule has 94 valence electrons. The molecule has 18 heavy (non-hydrogen) atoms. The zero-order valence-electron chi connectivity index (χ0n) is 10.0. The van der Waals surface area contributed by atoms with E-state index in [-0.39, 0.29) is 11.8 Å². The number of nitrogens with one attached hydrogen (secondary N) is 2. The summed E-state index contributed by atoms with van der Waals surface area (Å²) in [5.41, 5.74) is 2.28. The fourth-order valence-electron chi connectivity index (χ4n) is 2.17. The van der Waals surface area contributed by atoms with E-state index in [1.807, 2.05) is 24.4 Å². The van der Waals surface area contributed by atoms with Crippen LogP contribution in [0, 0.1) is 5.92 Å². The van der Waals surface area contributed by atoms with Crippen LogP contribution in [0.3, 0.4) is 0 Å². The Morgan fingerprint density at radius 1 is 1.44 bits per heavy atom. The molecule has 1 aliphatic carbocycles. The van der Waals surface area contributed by atoms with Gasteiger partial charge in [0.05, 0.1) is 0 Å². The Morgan fingerprint density at radius 2 is 2.28 bits per heavy atom. The van der Waals surface area contributed by atoms with Crippen LogP contribution < -0.4 is 5.32 Å². The minimum atomic E-state index is 0.202. The van der Waals surface area contributed by atoms with Crippen LogP contribution in [0.4, 0.5) is 0 Å². The number of fused-ring (bicyclic) bond motifs is 1. The van der Waals surface area contributed by atoms with Crippen LogP contribution >= 0.6 is 11.6 Å². The highest BCUT2D eigenvalue weighted by Crippen LogP contribution is 2.28. The minimum Gasteiger partial charge on any atom is -0.361 e. The first kappa shape index (κ1) is 11.6. The number of aromatic amines is 1. The number of carbonyl (C=O) groups excluding carboxylic acids is 1. The van der Waals surface area contributed by atoms with Gasteiger partial charge in [0, 0.05) is 34.6 Å². The number of hydrogen-bond donors (Lipinski definition) is 2. The highest BCUT2D eigenvalue weighted by Gasteiger charge is 2.29. The lowest BCUT2D eigenvalue weighted by Crippen LogP contribution is -2.26. The number of carbonyl (C=O) groups is 1. The standard InChI is InChI=1S/C14H15ClN2O/c15-11-3-4-13-12(7-11)10(8-17-13)5-6-16-14(18)9-1-2-9/h3-4,7-9,17H,1-2,5-6H2,(H,16,18). The topological polar surface area (TPSA) is 44.9 Å². The summed E-state index contributed by atoms with van der Waals surface area (Å²) in [6.07, 6.45) is 4.92. The predicted molar refractivity (Wildman–Crippen MR) is 72.7 cm³/mol. The van der Waals surface area contributed by atoms with Crippen LogP contribution in [0.2, 0.25) is 5.02 Å². The van der Waals surface area contributed by atoms with E-state index in [4.69, 9.17) is 11.6 Å². The van der Waals surface area contributed by atoms with E-state index in [0.29, 0.717) is 6.54 Å². The average Bonchev–Trinajstić information content (AvgIpc) is 3.13. The molecule has 1 heterocycles. The molecule has 1 aliphatic rings. The molecule has 0 saturated heterocycles. The molecule has 1 saturated carbocycles. The van der Waals surface area contributed by atoms with E-state index in [0.717, 1.165) is 35.2 Å². The van der Waals surface area contributed by atoms with Crippen molar-refractivity contribution in [3.63, 3.8) is 0 Å². The second-order valence-corrected chi connectivity index (χ2v) is 5.26. The first-order valence-electron chi connectivity index (χ1n) is 6.27. The van der Waals surface area contributed by atoms with Crippen molar-refractivity contribution in [2.24, 2.45) is 5.92 Å². The summed E-state index contributed by atoms with van der Waals surface area (Å²) in [7, 11) is 0. The van der Waals surface area contributed by atoms with Gasteiger partial charge in [0.25, 0.3) is 0 Å². The lowest BCUT2D eigenvalue weighted by atomic mass is 10.1. The van der Waals surface area contributed by atoms with Gasteiger partial charge < -0.3 is 10.3 Å². The monoisotopic (exact) mass is 262 g/mol. The first-order chi connectivity index (χ1) is 8.74. The molecule has 0 unspecified atom stereocenters. The highest BCUT2D eigenvalue weighted by molar-refractivity contribution is 6.31. The molecule has 1 aromatic heterocycles. The van der Waals surface area contributed by atoms with E-state index in [1.54, 1.807) is 0 Å². The molecule has 1 amide bonds. The van der Waals surface area contributed by atoms with Crippen molar-refractivity contribution < 1.29 is 4.79 Å². The number of rotatable bonds is 4. The van der Waals surface area contributed by atoms with Gasteiger partial charge in [0.1, 0.15) is 0 Å². The molecule has 0 spiro atoms. The first-order valence-corrected chi connectivity index (χ1v) is 6.65. The molecular weight excluding hydrogens is 248 g/mol. The number of aromatic nitrogens is 1. The number of H-pyrrole nitrogens is 1. The summed E-state index contributed by atoms with van der Waals surface area (Å²) >= 11 is 6.00.